The highest BCUT2D eigenvalue weighted by Crippen LogP contribution is 2.20. The first-order valence-electron chi connectivity index (χ1n) is 9.67. The van der Waals surface area contributed by atoms with Crippen molar-refractivity contribution in [2.45, 2.75) is 31.0 Å². The number of nitrogens with zero attached hydrogens (tertiary/aromatic N) is 2. The van der Waals surface area contributed by atoms with Crippen molar-refractivity contribution in [2.75, 3.05) is 29.9 Å². The molecule has 1 aromatic heterocycles. The summed E-state index contributed by atoms with van der Waals surface area (Å²) in [5, 5.41) is 2.78. The van der Waals surface area contributed by atoms with Crippen molar-refractivity contribution in [1.29, 1.82) is 0 Å². The number of morpholine rings is 1. The van der Waals surface area contributed by atoms with Crippen LogP contribution in [0.5, 0.6) is 0 Å². The number of ether oxygens (including phenoxy) is 1. The number of amides is 1. The molecule has 1 aromatic carbocycles. The summed E-state index contributed by atoms with van der Waals surface area (Å²) in [5.41, 5.74) is 0.903. The first-order valence-corrected chi connectivity index (χ1v) is 11.2. The zero-order valence-electron chi connectivity index (χ0n) is 17.0. The summed E-state index contributed by atoms with van der Waals surface area (Å²) in [4.78, 5) is 19.2. The number of aromatic nitrogens is 1. The summed E-state index contributed by atoms with van der Waals surface area (Å²) in [6.07, 6.45) is 3.33. The number of pyridine rings is 1. The molecule has 2 unspecified atom stereocenters. The predicted octanol–water partition coefficient (Wildman–Crippen LogP) is 2.41. The minimum absolute atomic E-state index is 0.0842. The molecule has 0 radical (unpaired) electrons. The lowest BCUT2D eigenvalue weighted by Crippen LogP contribution is -2.45. The van der Waals surface area contributed by atoms with Crippen LogP contribution in [0.25, 0.3) is 0 Å². The number of carbonyl (C=O) groups excluding carboxylic acids is 1. The maximum Gasteiger partial charge on any atom is 0.255 e. The van der Waals surface area contributed by atoms with Gasteiger partial charge in [0.25, 0.3) is 5.91 Å². The van der Waals surface area contributed by atoms with Crippen LogP contribution in [-0.2, 0) is 14.8 Å². The number of nitrogens with one attached hydrogen (secondary N) is 2. The number of benzene rings is 1. The van der Waals surface area contributed by atoms with E-state index in [1.165, 1.54) is 30.3 Å². The van der Waals surface area contributed by atoms with E-state index in [1.54, 1.807) is 12.3 Å². The predicted molar refractivity (Wildman–Crippen MR) is 116 cm³/mol. The van der Waals surface area contributed by atoms with Gasteiger partial charge in [0, 0.05) is 25.2 Å². The fourth-order valence-corrected chi connectivity index (χ4v) is 4.25. The van der Waals surface area contributed by atoms with E-state index in [1.807, 2.05) is 19.9 Å². The molecule has 0 bridgehead atoms. The summed E-state index contributed by atoms with van der Waals surface area (Å²) in [6, 6.07) is 9.38. The molecule has 160 valence electrons. The Morgan fingerprint density at radius 1 is 1.20 bits per heavy atom. The van der Waals surface area contributed by atoms with Crippen LogP contribution in [0.4, 0.5) is 11.5 Å². The van der Waals surface area contributed by atoms with Gasteiger partial charge in [-0.25, -0.2) is 18.1 Å². The molecule has 8 nitrogen and oxygen atoms in total. The molecule has 3 rings (SSSR count). The van der Waals surface area contributed by atoms with Gasteiger partial charge in [0.15, 0.2) is 0 Å². The van der Waals surface area contributed by atoms with Crippen molar-refractivity contribution in [3.05, 3.63) is 60.8 Å². The number of anilines is 2. The van der Waals surface area contributed by atoms with Crippen molar-refractivity contribution in [3.8, 4) is 0 Å². The van der Waals surface area contributed by atoms with E-state index < -0.39 is 10.0 Å². The van der Waals surface area contributed by atoms with Crippen molar-refractivity contribution in [3.63, 3.8) is 0 Å². The Balaban J connectivity index is 1.64. The molecule has 0 spiro atoms. The zero-order chi connectivity index (χ0) is 21.7. The Labute approximate surface area is 177 Å². The molecular weight excluding hydrogens is 404 g/mol. The number of hydrogen-bond donors (Lipinski definition) is 2. The van der Waals surface area contributed by atoms with Gasteiger partial charge in [-0.05, 0) is 50.2 Å². The minimum Gasteiger partial charge on any atom is -0.372 e. The lowest BCUT2D eigenvalue weighted by atomic mass is 10.2. The molecule has 9 heteroatoms. The topological polar surface area (TPSA) is 101 Å². The molecule has 1 aliphatic rings. The molecule has 2 aromatic rings. The monoisotopic (exact) mass is 430 g/mol. The van der Waals surface area contributed by atoms with E-state index in [-0.39, 0.29) is 29.6 Å². The quantitative estimate of drug-likeness (QED) is 0.655. The molecule has 1 aliphatic heterocycles. The third kappa shape index (κ3) is 5.44. The largest absolute Gasteiger partial charge is 0.372 e. The molecular formula is C21H26N4O4S. The van der Waals surface area contributed by atoms with Crippen LogP contribution in [0.1, 0.15) is 24.2 Å². The van der Waals surface area contributed by atoms with Gasteiger partial charge < -0.3 is 15.0 Å². The Morgan fingerprint density at radius 3 is 2.43 bits per heavy atom. The highest BCUT2D eigenvalue weighted by Gasteiger charge is 2.23. The Morgan fingerprint density at radius 2 is 1.87 bits per heavy atom. The highest BCUT2D eigenvalue weighted by molar-refractivity contribution is 7.89. The average Bonchev–Trinajstić information content (AvgIpc) is 2.72. The number of hydrogen-bond acceptors (Lipinski definition) is 6. The highest BCUT2D eigenvalue weighted by atomic mass is 32.2. The second-order valence-electron chi connectivity index (χ2n) is 7.19. The van der Waals surface area contributed by atoms with Gasteiger partial charge in [-0.15, -0.1) is 6.58 Å². The number of sulfonamides is 1. The van der Waals surface area contributed by atoms with Crippen molar-refractivity contribution < 1.29 is 17.9 Å². The molecule has 2 atom stereocenters. The first kappa shape index (κ1) is 21.9. The summed E-state index contributed by atoms with van der Waals surface area (Å²) >= 11 is 0. The lowest BCUT2D eigenvalue weighted by Gasteiger charge is -2.36. The molecule has 1 amide bonds. The third-order valence-electron chi connectivity index (χ3n) is 4.59. The fraction of sp³-hybridized carbons (Fsp3) is 0.333. The SMILES string of the molecule is C=CCNS(=O)(=O)c1ccc(C(=O)Nc2ccc(N3CC(C)OC(C)C3)nc2)cc1. The summed E-state index contributed by atoms with van der Waals surface area (Å²) in [6.45, 7) is 9.20. The van der Waals surface area contributed by atoms with Crippen LogP contribution >= 0.6 is 0 Å². The van der Waals surface area contributed by atoms with Crippen molar-refractivity contribution in [2.24, 2.45) is 0 Å². The molecule has 1 fully saturated rings. The molecule has 30 heavy (non-hydrogen) atoms. The maximum atomic E-state index is 12.5. The van der Waals surface area contributed by atoms with E-state index in [0.29, 0.717) is 11.3 Å². The van der Waals surface area contributed by atoms with Crippen molar-refractivity contribution in [1.82, 2.24) is 9.71 Å². The summed E-state index contributed by atoms with van der Waals surface area (Å²) in [7, 11) is -3.62. The van der Waals surface area contributed by atoms with Gasteiger partial charge in [-0.3, -0.25) is 4.79 Å². The second-order valence-corrected chi connectivity index (χ2v) is 8.95. The normalized spacial score (nSPS) is 19.3. The van der Waals surface area contributed by atoms with Crippen LogP contribution < -0.4 is 14.9 Å². The Hall–Kier alpha value is -2.75. The van der Waals surface area contributed by atoms with E-state index in [4.69, 9.17) is 4.74 Å². The van der Waals surface area contributed by atoms with Crippen LogP contribution in [0, 0.1) is 0 Å². The summed E-state index contributed by atoms with van der Waals surface area (Å²) < 4.78 is 32.3. The molecule has 1 saturated heterocycles. The second kappa shape index (κ2) is 9.38. The molecule has 2 heterocycles. The standard InChI is InChI=1S/C21H26N4O4S/c1-4-11-23-30(27,28)19-8-5-17(6-9-19)21(26)24-18-7-10-20(22-12-18)25-13-15(2)29-16(3)14-25/h4-10,12,15-16,23H,1,11,13-14H2,2-3H3,(H,24,26). The fourth-order valence-electron chi connectivity index (χ4n) is 3.25. The van der Waals surface area contributed by atoms with E-state index in [0.717, 1.165) is 18.9 Å². The molecule has 0 aliphatic carbocycles. The number of carbonyl (C=O) groups is 1. The van der Waals surface area contributed by atoms with E-state index in [9.17, 15) is 13.2 Å². The minimum atomic E-state index is -3.62. The van der Waals surface area contributed by atoms with Gasteiger partial charge >= 0.3 is 0 Å². The Bertz CT molecular complexity index is 981. The lowest BCUT2D eigenvalue weighted by molar-refractivity contribution is -0.00545. The zero-order valence-corrected chi connectivity index (χ0v) is 17.9. The summed E-state index contributed by atoms with van der Waals surface area (Å²) in [5.74, 6) is 0.484. The van der Waals surface area contributed by atoms with Gasteiger partial charge in [0.2, 0.25) is 10.0 Å². The third-order valence-corrected chi connectivity index (χ3v) is 6.03. The maximum absolute atomic E-state index is 12.5. The number of rotatable bonds is 7. The first-order chi connectivity index (χ1) is 14.3. The van der Waals surface area contributed by atoms with Crippen LogP contribution in [0.15, 0.2) is 60.1 Å². The molecule has 0 saturated carbocycles. The average molecular weight is 431 g/mol. The Kier molecular flexibility index (Phi) is 6.86. The van der Waals surface area contributed by atoms with Gasteiger partial charge in [-0.2, -0.15) is 0 Å². The van der Waals surface area contributed by atoms with Gasteiger partial charge in [0.1, 0.15) is 5.82 Å². The smallest absolute Gasteiger partial charge is 0.255 e. The van der Waals surface area contributed by atoms with Crippen molar-refractivity contribution >= 4 is 27.4 Å². The van der Waals surface area contributed by atoms with Gasteiger partial charge in [-0.1, -0.05) is 6.08 Å². The van der Waals surface area contributed by atoms with Crippen LogP contribution in [0.3, 0.4) is 0 Å². The van der Waals surface area contributed by atoms with Crippen LogP contribution in [0.2, 0.25) is 0 Å². The molecule has 2 N–H and O–H groups in total. The van der Waals surface area contributed by atoms with Crippen LogP contribution in [-0.4, -0.2) is 51.2 Å². The van der Waals surface area contributed by atoms with E-state index in [2.05, 4.69) is 26.5 Å². The van der Waals surface area contributed by atoms with E-state index >= 15 is 0 Å². The van der Waals surface area contributed by atoms with Gasteiger partial charge in [0.05, 0.1) is 29.0 Å².